The second kappa shape index (κ2) is 10.2. The maximum Gasteiger partial charge on any atom is 0.407 e. The van der Waals surface area contributed by atoms with Crippen molar-refractivity contribution in [3.63, 3.8) is 0 Å². The summed E-state index contributed by atoms with van der Waals surface area (Å²) in [5.41, 5.74) is -2.93. The molecule has 1 fully saturated rings. The Balaban J connectivity index is 1.81. The van der Waals surface area contributed by atoms with Gasteiger partial charge in [-0.3, -0.25) is 0 Å². The Morgan fingerprint density at radius 1 is 1.23 bits per heavy atom. The first-order valence-electron chi connectivity index (χ1n) is 12.0. The number of pyridine rings is 1. The molecule has 0 spiro atoms. The molecule has 1 aliphatic heterocycles. The molecule has 5 rings (SSSR count). The fraction of sp³-hybridized carbons (Fsp3) is 0.333. The van der Waals surface area contributed by atoms with Gasteiger partial charge in [-0.2, -0.15) is 0 Å². The van der Waals surface area contributed by atoms with Crippen LogP contribution in [0.25, 0.3) is 0 Å². The van der Waals surface area contributed by atoms with Gasteiger partial charge in [0.25, 0.3) is 6.43 Å². The number of amides is 1. The molecule has 1 aliphatic carbocycles. The second-order valence-corrected chi connectivity index (χ2v) is 10.8. The molecule has 0 bridgehead atoms. The van der Waals surface area contributed by atoms with Crippen molar-refractivity contribution < 1.29 is 38.4 Å². The van der Waals surface area contributed by atoms with E-state index in [4.69, 9.17) is 21.1 Å². The molecular weight excluding hydrogens is 602 g/mol. The van der Waals surface area contributed by atoms with Crippen molar-refractivity contribution in [3.05, 3.63) is 87.0 Å². The monoisotopic (exact) mass is 624 g/mol. The third kappa shape index (κ3) is 4.23. The molecule has 8 nitrogen and oxygen atoms in total. The lowest BCUT2D eigenvalue weighted by Crippen LogP contribution is -2.52. The molecule has 1 aromatic heterocycles. The number of alkyl halides is 2. The number of hydrogen-bond acceptors (Lipinski definition) is 6. The van der Waals surface area contributed by atoms with Gasteiger partial charge < -0.3 is 29.7 Å². The van der Waals surface area contributed by atoms with Crippen LogP contribution in [0.1, 0.15) is 22.6 Å². The summed E-state index contributed by atoms with van der Waals surface area (Å²) in [6.45, 7) is -1.58. The SMILES string of the molecule is COc1nc(Cl)cc2c1[C@]1(O)[C@H](O)[C@H](CN(CC(F)F)C(=O)O)[C@@H](c3ccccc3)[C@]1(c1ccc(Br)cc1)O2. The van der Waals surface area contributed by atoms with Gasteiger partial charge in [0.15, 0.2) is 11.2 Å². The van der Waals surface area contributed by atoms with Crippen LogP contribution in [0.5, 0.6) is 11.6 Å². The van der Waals surface area contributed by atoms with Crippen molar-refractivity contribution in [3.8, 4) is 11.6 Å². The van der Waals surface area contributed by atoms with Gasteiger partial charge >= 0.3 is 6.09 Å². The first-order chi connectivity index (χ1) is 18.5. The van der Waals surface area contributed by atoms with Gasteiger partial charge in [-0.1, -0.05) is 70.0 Å². The van der Waals surface area contributed by atoms with E-state index in [0.717, 1.165) is 4.47 Å². The van der Waals surface area contributed by atoms with E-state index in [-0.39, 0.29) is 22.3 Å². The van der Waals surface area contributed by atoms with Crippen LogP contribution in [-0.4, -0.2) is 64.0 Å². The Hall–Kier alpha value is -2.99. The second-order valence-electron chi connectivity index (χ2n) is 9.51. The van der Waals surface area contributed by atoms with Crippen LogP contribution in [0, 0.1) is 5.92 Å². The summed E-state index contributed by atoms with van der Waals surface area (Å²) in [4.78, 5) is 16.7. The average molecular weight is 626 g/mol. The number of ether oxygens (including phenoxy) is 2. The molecule has 2 aromatic carbocycles. The number of aliphatic hydroxyl groups is 2. The van der Waals surface area contributed by atoms with Crippen LogP contribution < -0.4 is 9.47 Å². The van der Waals surface area contributed by atoms with Gasteiger partial charge in [0.2, 0.25) is 5.88 Å². The minimum absolute atomic E-state index is 0.0245. The zero-order valence-corrected chi connectivity index (χ0v) is 22.8. The normalized spacial score (nSPS) is 27.1. The van der Waals surface area contributed by atoms with E-state index in [1.54, 1.807) is 54.6 Å². The number of carboxylic acid groups (broad SMARTS) is 1. The predicted molar refractivity (Wildman–Crippen MR) is 140 cm³/mol. The standard InChI is InChI=1S/C27H24BrClF2N2O6/c1-38-24-22-18(11-19(29)32-24)39-27(15-7-9-16(28)10-8-15)21(14-5-3-2-4-6-14)17(23(34)26(22,27)37)12-33(25(35)36)13-20(30)31/h2-11,17,20-21,23,34,37H,12-13H2,1H3,(H,35,36)/t17-,21-,23-,26+,27+/m1/s1. The van der Waals surface area contributed by atoms with Crippen molar-refractivity contribution in [2.45, 2.75) is 29.6 Å². The number of methoxy groups -OCH3 is 1. The van der Waals surface area contributed by atoms with Gasteiger partial charge in [-0.25, -0.2) is 18.6 Å². The smallest absolute Gasteiger partial charge is 0.407 e. The Morgan fingerprint density at radius 3 is 2.49 bits per heavy atom. The predicted octanol–water partition coefficient (Wildman–Crippen LogP) is 5.00. The molecule has 206 valence electrons. The van der Waals surface area contributed by atoms with Gasteiger partial charge in [0.1, 0.15) is 10.9 Å². The van der Waals surface area contributed by atoms with Crippen molar-refractivity contribution in [1.82, 2.24) is 9.88 Å². The molecule has 1 amide bonds. The van der Waals surface area contributed by atoms with E-state index in [1.807, 2.05) is 0 Å². The lowest BCUT2D eigenvalue weighted by molar-refractivity contribution is -0.152. The number of halogens is 4. The molecule has 2 heterocycles. The van der Waals surface area contributed by atoms with E-state index in [2.05, 4.69) is 20.9 Å². The Morgan fingerprint density at radius 2 is 1.90 bits per heavy atom. The number of fused-ring (bicyclic) bond motifs is 3. The first-order valence-corrected chi connectivity index (χ1v) is 13.1. The van der Waals surface area contributed by atoms with Crippen LogP contribution in [0.3, 0.4) is 0 Å². The minimum atomic E-state index is -2.94. The van der Waals surface area contributed by atoms with E-state index in [9.17, 15) is 28.9 Å². The summed E-state index contributed by atoms with van der Waals surface area (Å²) in [5, 5.41) is 34.4. The summed E-state index contributed by atoms with van der Waals surface area (Å²) in [6, 6.07) is 17.1. The molecule has 3 N–H and O–H groups in total. The summed E-state index contributed by atoms with van der Waals surface area (Å²) in [6.07, 6.45) is -6.23. The topological polar surface area (TPSA) is 112 Å². The van der Waals surface area contributed by atoms with Crippen molar-refractivity contribution in [2.24, 2.45) is 5.92 Å². The molecule has 2 aliphatic rings. The molecule has 3 aromatic rings. The van der Waals surface area contributed by atoms with Gasteiger partial charge in [-0.15, -0.1) is 0 Å². The zero-order chi connectivity index (χ0) is 28.1. The van der Waals surface area contributed by atoms with E-state index < -0.39 is 54.8 Å². The third-order valence-corrected chi connectivity index (χ3v) is 8.24. The summed E-state index contributed by atoms with van der Waals surface area (Å²) >= 11 is 9.64. The number of aliphatic hydroxyl groups excluding tert-OH is 1. The Kier molecular flexibility index (Phi) is 7.21. The molecule has 12 heteroatoms. The molecule has 0 saturated heterocycles. The highest BCUT2D eigenvalue weighted by molar-refractivity contribution is 9.10. The number of carbonyl (C=O) groups is 1. The number of hydrogen-bond donors (Lipinski definition) is 3. The minimum Gasteiger partial charge on any atom is -0.481 e. The first kappa shape index (κ1) is 27.6. The number of aromatic nitrogens is 1. The van der Waals surface area contributed by atoms with Crippen LogP contribution >= 0.6 is 27.5 Å². The lowest BCUT2D eigenvalue weighted by atomic mass is 9.71. The highest BCUT2D eigenvalue weighted by Gasteiger charge is 2.77. The van der Waals surface area contributed by atoms with Crippen molar-refractivity contribution in [1.29, 1.82) is 0 Å². The number of rotatable bonds is 7. The molecule has 0 radical (unpaired) electrons. The molecule has 0 unspecified atom stereocenters. The molecule has 39 heavy (non-hydrogen) atoms. The van der Waals surface area contributed by atoms with Crippen molar-refractivity contribution >= 4 is 33.6 Å². The van der Waals surface area contributed by atoms with Crippen LogP contribution in [0.4, 0.5) is 13.6 Å². The number of benzene rings is 2. The van der Waals surface area contributed by atoms with Crippen LogP contribution in [0.15, 0.2) is 65.1 Å². The Labute approximate surface area is 235 Å². The fourth-order valence-electron chi connectivity index (χ4n) is 6.10. The molecular formula is C27H24BrClF2N2O6. The van der Waals surface area contributed by atoms with Gasteiger partial charge in [-0.05, 0) is 23.3 Å². The molecule has 5 atom stereocenters. The molecule has 1 saturated carbocycles. The van der Waals surface area contributed by atoms with E-state index in [1.165, 1.54) is 13.2 Å². The van der Waals surface area contributed by atoms with Gasteiger partial charge in [0, 0.05) is 28.9 Å². The summed E-state index contributed by atoms with van der Waals surface area (Å²) in [5.74, 6) is -1.98. The van der Waals surface area contributed by atoms with E-state index >= 15 is 0 Å². The van der Waals surface area contributed by atoms with E-state index in [0.29, 0.717) is 16.0 Å². The highest BCUT2D eigenvalue weighted by atomic mass is 79.9. The average Bonchev–Trinajstić information content (AvgIpc) is 3.26. The summed E-state index contributed by atoms with van der Waals surface area (Å²) < 4.78 is 39.5. The third-order valence-electron chi connectivity index (χ3n) is 7.52. The lowest BCUT2D eigenvalue weighted by Gasteiger charge is -2.41. The maximum atomic E-state index is 13.4. The zero-order valence-electron chi connectivity index (χ0n) is 20.5. The fourth-order valence-corrected chi connectivity index (χ4v) is 6.54. The van der Waals surface area contributed by atoms with Crippen LogP contribution in [-0.2, 0) is 11.2 Å². The van der Waals surface area contributed by atoms with Gasteiger partial charge in [0.05, 0.1) is 25.3 Å². The largest absolute Gasteiger partial charge is 0.481 e. The maximum absolute atomic E-state index is 13.4. The summed E-state index contributed by atoms with van der Waals surface area (Å²) in [7, 11) is 1.32. The quantitative estimate of drug-likeness (QED) is 0.317. The van der Waals surface area contributed by atoms with Crippen molar-refractivity contribution in [2.75, 3.05) is 20.2 Å². The number of nitrogens with zero attached hydrogens (tertiary/aromatic N) is 2. The Bertz CT molecular complexity index is 1380. The van der Waals surface area contributed by atoms with Crippen LogP contribution in [0.2, 0.25) is 5.15 Å². The highest BCUT2D eigenvalue weighted by Crippen LogP contribution is 2.69.